The van der Waals surface area contributed by atoms with Gasteiger partial charge in [0.25, 0.3) is 0 Å². The Bertz CT molecular complexity index is 561. The number of aromatic nitrogens is 2. The molecule has 0 fully saturated rings. The lowest BCUT2D eigenvalue weighted by molar-refractivity contribution is -0.141. The van der Waals surface area contributed by atoms with E-state index in [1.54, 1.807) is 12.1 Å². The first-order valence-electron chi connectivity index (χ1n) is 5.19. The van der Waals surface area contributed by atoms with E-state index in [2.05, 4.69) is 21.0 Å². The standard InChI is InChI=1S/C12H10BrF3N2/c1-18-10(6-11(17-18)12(14,15)16)9-5-3-2-4-8(9)7-13/h2-6H,7H2,1H3. The van der Waals surface area contributed by atoms with Gasteiger partial charge in [0.05, 0.1) is 5.69 Å². The molecular weight excluding hydrogens is 309 g/mol. The van der Waals surface area contributed by atoms with Crippen molar-refractivity contribution in [2.45, 2.75) is 11.5 Å². The van der Waals surface area contributed by atoms with Crippen LogP contribution in [0.4, 0.5) is 13.2 Å². The third-order valence-electron chi connectivity index (χ3n) is 2.61. The highest BCUT2D eigenvalue weighted by Gasteiger charge is 2.34. The summed E-state index contributed by atoms with van der Waals surface area (Å²) in [6.45, 7) is 0. The number of benzene rings is 1. The Morgan fingerprint density at radius 2 is 1.94 bits per heavy atom. The van der Waals surface area contributed by atoms with Crippen molar-refractivity contribution < 1.29 is 13.2 Å². The normalized spacial score (nSPS) is 11.8. The molecule has 0 radical (unpaired) electrons. The van der Waals surface area contributed by atoms with Crippen LogP contribution in [-0.4, -0.2) is 9.78 Å². The molecule has 1 aromatic carbocycles. The van der Waals surface area contributed by atoms with Crippen LogP contribution in [0.2, 0.25) is 0 Å². The van der Waals surface area contributed by atoms with E-state index < -0.39 is 11.9 Å². The van der Waals surface area contributed by atoms with E-state index in [1.807, 2.05) is 12.1 Å². The molecule has 0 saturated heterocycles. The largest absolute Gasteiger partial charge is 0.435 e. The second kappa shape index (κ2) is 4.76. The summed E-state index contributed by atoms with van der Waals surface area (Å²) in [4.78, 5) is 0. The lowest BCUT2D eigenvalue weighted by Crippen LogP contribution is -2.06. The number of hydrogen-bond acceptors (Lipinski definition) is 1. The second-order valence-electron chi connectivity index (χ2n) is 3.83. The van der Waals surface area contributed by atoms with Gasteiger partial charge < -0.3 is 0 Å². The third-order valence-corrected chi connectivity index (χ3v) is 3.21. The van der Waals surface area contributed by atoms with E-state index in [0.29, 0.717) is 11.0 Å². The molecule has 0 bridgehead atoms. The smallest absolute Gasteiger partial charge is 0.267 e. The van der Waals surface area contributed by atoms with Gasteiger partial charge in [-0.15, -0.1) is 0 Å². The Kier molecular flexibility index (Phi) is 3.47. The van der Waals surface area contributed by atoms with E-state index >= 15 is 0 Å². The summed E-state index contributed by atoms with van der Waals surface area (Å²) < 4.78 is 39.0. The van der Waals surface area contributed by atoms with Gasteiger partial charge in [0.2, 0.25) is 0 Å². The molecule has 0 spiro atoms. The molecule has 6 heteroatoms. The zero-order valence-electron chi connectivity index (χ0n) is 9.50. The van der Waals surface area contributed by atoms with Crippen LogP contribution in [-0.2, 0) is 18.6 Å². The molecule has 0 amide bonds. The summed E-state index contributed by atoms with van der Waals surface area (Å²) in [5.41, 5.74) is 1.26. The minimum atomic E-state index is -4.42. The van der Waals surface area contributed by atoms with Crippen LogP contribution in [0, 0.1) is 0 Å². The SMILES string of the molecule is Cn1nc(C(F)(F)F)cc1-c1ccccc1CBr. The average molecular weight is 319 g/mol. The van der Waals surface area contributed by atoms with Crippen LogP contribution in [0.25, 0.3) is 11.3 Å². The summed E-state index contributed by atoms with van der Waals surface area (Å²) in [6.07, 6.45) is -4.42. The van der Waals surface area contributed by atoms with E-state index in [0.717, 1.165) is 17.2 Å². The summed E-state index contributed by atoms with van der Waals surface area (Å²) in [6, 6.07) is 8.36. The number of aryl methyl sites for hydroxylation is 1. The molecule has 96 valence electrons. The van der Waals surface area contributed by atoms with E-state index in [4.69, 9.17) is 0 Å². The Morgan fingerprint density at radius 1 is 1.28 bits per heavy atom. The summed E-state index contributed by atoms with van der Waals surface area (Å²) >= 11 is 3.32. The lowest BCUT2D eigenvalue weighted by atomic mass is 10.1. The summed E-state index contributed by atoms with van der Waals surface area (Å²) in [7, 11) is 1.51. The number of halogens is 4. The first kappa shape index (κ1) is 13.1. The van der Waals surface area contributed by atoms with Crippen molar-refractivity contribution in [2.24, 2.45) is 7.05 Å². The van der Waals surface area contributed by atoms with E-state index in [-0.39, 0.29) is 0 Å². The fourth-order valence-corrected chi connectivity index (χ4v) is 2.23. The Balaban J connectivity index is 2.55. The topological polar surface area (TPSA) is 17.8 Å². The molecule has 0 aliphatic rings. The van der Waals surface area contributed by atoms with E-state index in [9.17, 15) is 13.2 Å². The summed E-state index contributed by atoms with van der Waals surface area (Å²) in [5.74, 6) is 0. The highest BCUT2D eigenvalue weighted by atomic mass is 79.9. The minimum Gasteiger partial charge on any atom is -0.267 e. The number of hydrogen-bond donors (Lipinski definition) is 0. The quantitative estimate of drug-likeness (QED) is 0.765. The lowest BCUT2D eigenvalue weighted by Gasteiger charge is -2.06. The zero-order chi connectivity index (χ0) is 13.3. The molecule has 2 nitrogen and oxygen atoms in total. The minimum absolute atomic E-state index is 0.456. The maximum Gasteiger partial charge on any atom is 0.435 e. The van der Waals surface area contributed by atoms with Crippen molar-refractivity contribution in [1.29, 1.82) is 0 Å². The number of nitrogens with zero attached hydrogens (tertiary/aromatic N) is 2. The predicted molar refractivity (Wildman–Crippen MR) is 66.3 cm³/mol. The van der Waals surface area contributed by atoms with Crippen LogP contribution in [0.5, 0.6) is 0 Å². The molecule has 1 heterocycles. The molecule has 2 aromatic rings. The van der Waals surface area contributed by atoms with Crippen molar-refractivity contribution in [2.75, 3.05) is 0 Å². The highest BCUT2D eigenvalue weighted by molar-refractivity contribution is 9.08. The first-order valence-corrected chi connectivity index (χ1v) is 6.31. The maximum absolute atomic E-state index is 12.6. The van der Waals surface area contributed by atoms with Gasteiger partial charge in [0, 0.05) is 17.9 Å². The predicted octanol–water partition coefficient (Wildman–Crippen LogP) is 4.00. The molecule has 0 N–H and O–H groups in total. The molecule has 1 aromatic heterocycles. The molecule has 0 aliphatic heterocycles. The molecule has 2 rings (SSSR count). The van der Waals surface area contributed by atoms with Crippen molar-refractivity contribution in [3.05, 3.63) is 41.6 Å². The van der Waals surface area contributed by atoms with E-state index in [1.165, 1.54) is 11.7 Å². The van der Waals surface area contributed by atoms with Gasteiger partial charge in [-0.1, -0.05) is 40.2 Å². The first-order chi connectivity index (χ1) is 8.43. The Labute approximate surface area is 111 Å². The third kappa shape index (κ3) is 2.43. The average Bonchev–Trinajstić information content (AvgIpc) is 2.71. The fourth-order valence-electron chi connectivity index (χ4n) is 1.74. The van der Waals surface area contributed by atoms with Gasteiger partial charge >= 0.3 is 6.18 Å². The Morgan fingerprint density at radius 3 is 2.50 bits per heavy atom. The zero-order valence-corrected chi connectivity index (χ0v) is 11.1. The summed E-state index contributed by atoms with van der Waals surface area (Å²) in [5, 5.41) is 4.09. The van der Waals surface area contributed by atoms with Crippen LogP contribution >= 0.6 is 15.9 Å². The van der Waals surface area contributed by atoms with Crippen LogP contribution in [0.1, 0.15) is 11.3 Å². The number of alkyl halides is 4. The molecule has 0 saturated carbocycles. The van der Waals surface area contributed by atoms with Crippen LogP contribution < -0.4 is 0 Å². The van der Waals surface area contributed by atoms with Crippen LogP contribution in [0.3, 0.4) is 0 Å². The highest BCUT2D eigenvalue weighted by Crippen LogP contribution is 2.32. The molecule has 18 heavy (non-hydrogen) atoms. The maximum atomic E-state index is 12.6. The van der Waals surface area contributed by atoms with Gasteiger partial charge in [-0.3, -0.25) is 4.68 Å². The van der Waals surface area contributed by atoms with Crippen molar-refractivity contribution in [3.63, 3.8) is 0 Å². The number of rotatable bonds is 2. The van der Waals surface area contributed by atoms with Gasteiger partial charge in [-0.25, -0.2) is 0 Å². The van der Waals surface area contributed by atoms with Gasteiger partial charge in [-0.05, 0) is 11.6 Å². The molecular formula is C12H10BrF3N2. The molecule has 0 unspecified atom stereocenters. The second-order valence-corrected chi connectivity index (χ2v) is 4.39. The van der Waals surface area contributed by atoms with Crippen molar-refractivity contribution >= 4 is 15.9 Å². The molecule has 0 aliphatic carbocycles. The Hall–Kier alpha value is -1.30. The fraction of sp³-hybridized carbons (Fsp3) is 0.250. The van der Waals surface area contributed by atoms with Gasteiger partial charge in [-0.2, -0.15) is 18.3 Å². The van der Waals surface area contributed by atoms with Crippen LogP contribution in [0.15, 0.2) is 30.3 Å². The van der Waals surface area contributed by atoms with Crippen molar-refractivity contribution in [1.82, 2.24) is 9.78 Å². The molecule has 0 atom stereocenters. The van der Waals surface area contributed by atoms with Gasteiger partial charge in [0.15, 0.2) is 5.69 Å². The monoisotopic (exact) mass is 318 g/mol. The van der Waals surface area contributed by atoms with Gasteiger partial charge in [0.1, 0.15) is 0 Å². The van der Waals surface area contributed by atoms with Crippen molar-refractivity contribution in [3.8, 4) is 11.3 Å².